The topological polar surface area (TPSA) is 35.8 Å². The Hall–Kier alpha value is -1.59. The highest BCUT2D eigenvalue weighted by Gasteiger charge is 2.04. The summed E-state index contributed by atoms with van der Waals surface area (Å²) >= 11 is 0. The molecule has 1 aromatic carbocycles. The molecule has 0 amide bonds. The van der Waals surface area contributed by atoms with Gasteiger partial charge in [-0.15, -0.1) is 0 Å². The van der Waals surface area contributed by atoms with Crippen molar-refractivity contribution in [2.24, 2.45) is 11.8 Å². The number of nitrogens with one attached hydrogen (secondary N) is 1. The van der Waals surface area contributed by atoms with E-state index in [1.807, 2.05) is 24.3 Å². The fraction of sp³-hybridized carbons (Fsp3) is 0.471. The Morgan fingerprint density at radius 1 is 1.21 bits per heavy atom. The molecule has 0 spiro atoms. The molecule has 2 heteroatoms. The molecule has 0 unspecified atom stereocenters. The Balaban J connectivity index is 2.74. The van der Waals surface area contributed by atoms with Gasteiger partial charge in [0, 0.05) is 6.54 Å². The Bertz CT molecular complexity index is 447. The maximum Gasteiger partial charge on any atom is 0.0991 e. The van der Waals surface area contributed by atoms with Crippen molar-refractivity contribution in [3.8, 4) is 6.07 Å². The third kappa shape index (κ3) is 5.72. The van der Waals surface area contributed by atoms with Crippen LogP contribution in [0.3, 0.4) is 0 Å². The van der Waals surface area contributed by atoms with Crippen LogP contribution in [0.4, 0.5) is 0 Å². The number of benzene rings is 1. The van der Waals surface area contributed by atoms with E-state index < -0.39 is 0 Å². The average molecular weight is 256 g/mol. The lowest BCUT2D eigenvalue weighted by atomic mass is 9.99. The van der Waals surface area contributed by atoms with E-state index in [4.69, 9.17) is 5.26 Å². The van der Waals surface area contributed by atoms with Gasteiger partial charge in [0.05, 0.1) is 11.6 Å². The highest BCUT2D eigenvalue weighted by atomic mass is 14.9. The Morgan fingerprint density at radius 3 is 2.32 bits per heavy atom. The van der Waals surface area contributed by atoms with Gasteiger partial charge in [0.1, 0.15) is 0 Å². The second-order valence-electron chi connectivity index (χ2n) is 5.63. The molecule has 1 aromatic rings. The second-order valence-corrected chi connectivity index (χ2v) is 5.63. The van der Waals surface area contributed by atoms with Crippen LogP contribution in [0.15, 0.2) is 29.8 Å². The van der Waals surface area contributed by atoms with Crippen LogP contribution in [-0.2, 0) is 0 Å². The first-order valence-electron chi connectivity index (χ1n) is 6.94. The lowest BCUT2D eigenvalue weighted by Crippen LogP contribution is -2.23. The van der Waals surface area contributed by atoms with Crippen molar-refractivity contribution in [3.63, 3.8) is 0 Å². The summed E-state index contributed by atoms with van der Waals surface area (Å²) in [5.41, 5.74) is 3.26. The Morgan fingerprint density at radius 2 is 1.84 bits per heavy atom. The molecule has 0 atom stereocenters. The molecule has 0 saturated carbocycles. The number of hydrogen-bond acceptors (Lipinski definition) is 2. The monoisotopic (exact) mass is 256 g/mol. The van der Waals surface area contributed by atoms with Gasteiger partial charge in [-0.3, -0.25) is 0 Å². The van der Waals surface area contributed by atoms with Gasteiger partial charge >= 0.3 is 0 Å². The standard InChI is InChI=1S/C17H24N2/c1-13(2)11-19-12-17(14(3)4)9-15-5-7-16(10-18)8-6-15/h5-9,13-14,19H,11-12H2,1-4H3. The van der Waals surface area contributed by atoms with Crippen LogP contribution < -0.4 is 5.32 Å². The largest absolute Gasteiger partial charge is 0.313 e. The molecule has 2 nitrogen and oxygen atoms in total. The van der Waals surface area contributed by atoms with Crippen molar-refractivity contribution in [2.75, 3.05) is 13.1 Å². The highest BCUT2D eigenvalue weighted by molar-refractivity contribution is 5.55. The smallest absolute Gasteiger partial charge is 0.0991 e. The summed E-state index contributed by atoms with van der Waals surface area (Å²) in [5.74, 6) is 1.19. The predicted molar refractivity (Wildman–Crippen MR) is 81.7 cm³/mol. The molecule has 0 fully saturated rings. The maximum atomic E-state index is 8.79. The lowest BCUT2D eigenvalue weighted by molar-refractivity contribution is 0.558. The van der Waals surface area contributed by atoms with E-state index in [2.05, 4.69) is 45.2 Å². The van der Waals surface area contributed by atoms with Crippen molar-refractivity contribution < 1.29 is 0 Å². The minimum atomic E-state index is 0.523. The van der Waals surface area contributed by atoms with Crippen LogP contribution in [0, 0.1) is 23.2 Å². The molecule has 0 aromatic heterocycles. The van der Waals surface area contributed by atoms with E-state index in [9.17, 15) is 0 Å². The zero-order chi connectivity index (χ0) is 14.3. The van der Waals surface area contributed by atoms with Gasteiger partial charge in [-0.1, -0.05) is 51.5 Å². The first kappa shape index (κ1) is 15.5. The lowest BCUT2D eigenvalue weighted by Gasteiger charge is -2.14. The molecule has 0 radical (unpaired) electrons. The van der Waals surface area contributed by atoms with Crippen molar-refractivity contribution in [3.05, 3.63) is 41.0 Å². The van der Waals surface area contributed by atoms with Crippen molar-refractivity contribution in [1.29, 1.82) is 5.26 Å². The molecule has 19 heavy (non-hydrogen) atoms. The van der Waals surface area contributed by atoms with E-state index in [0.29, 0.717) is 17.4 Å². The molecule has 0 saturated heterocycles. The molecule has 0 aliphatic heterocycles. The fourth-order valence-electron chi connectivity index (χ4n) is 1.79. The van der Waals surface area contributed by atoms with Crippen molar-refractivity contribution in [1.82, 2.24) is 5.32 Å². The molecule has 0 bridgehead atoms. The van der Waals surface area contributed by atoms with Crippen LogP contribution in [0.25, 0.3) is 6.08 Å². The number of rotatable bonds is 6. The summed E-state index contributed by atoms with van der Waals surface area (Å²) in [7, 11) is 0. The van der Waals surface area contributed by atoms with Crippen LogP contribution >= 0.6 is 0 Å². The van der Waals surface area contributed by atoms with E-state index in [1.54, 1.807) is 0 Å². The van der Waals surface area contributed by atoms with Crippen LogP contribution in [0.5, 0.6) is 0 Å². The summed E-state index contributed by atoms with van der Waals surface area (Å²) in [6, 6.07) is 9.88. The van der Waals surface area contributed by atoms with Crippen LogP contribution in [0.1, 0.15) is 38.8 Å². The first-order chi connectivity index (χ1) is 9.02. The van der Waals surface area contributed by atoms with Gasteiger partial charge in [-0.2, -0.15) is 5.26 Å². The zero-order valence-electron chi connectivity index (χ0n) is 12.4. The van der Waals surface area contributed by atoms with Crippen molar-refractivity contribution >= 4 is 6.08 Å². The van der Waals surface area contributed by atoms with Gasteiger partial charge in [-0.25, -0.2) is 0 Å². The van der Waals surface area contributed by atoms with Gasteiger partial charge in [0.25, 0.3) is 0 Å². The molecule has 1 N–H and O–H groups in total. The fourth-order valence-corrected chi connectivity index (χ4v) is 1.79. The molecule has 1 rings (SSSR count). The van der Waals surface area contributed by atoms with Crippen LogP contribution in [-0.4, -0.2) is 13.1 Å². The maximum absolute atomic E-state index is 8.79. The highest BCUT2D eigenvalue weighted by Crippen LogP contribution is 2.15. The quantitative estimate of drug-likeness (QED) is 0.839. The first-order valence-corrected chi connectivity index (χ1v) is 6.94. The Kier molecular flexibility index (Phi) is 6.32. The normalized spacial score (nSPS) is 11.9. The van der Waals surface area contributed by atoms with E-state index in [-0.39, 0.29) is 0 Å². The molecule has 0 heterocycles. The second kappa shape index (κ2) is 7.76. The minimum Gasteiger partial charge on any atom is -0.313 e. The third-order valence-corrected chi connectivity index (χ3v) is 3.02. The number of nitriles is 1. The van der Waals surface area contributed by atoms with Gasteiger partial charge in [0.15, 0.2) is 0 Å². The average Bonchev–Trinajstić information content (AvgIpc) is 2.37. The summed E-state index contributed by atoms with van der Waals surface area (Å²) in [4.78, 5) is 0. The van der Waals surface area contributed by atoms with Crippen molar-refractivity contribution in [2.45, 2.75) is 27.7 Å². The Labute approximate surface area is 117 Å². The summed E-state index contributed by atoms with van der Waals surface area (Å²) in [6.45, 7) is 10.8. The molecular formula is C17H24N2. The van der Waals surface area contributed by atoms with Gasteiger partial charge in [0.2, 0.25) is 0 Å². The summed E-state index contributed by atoms with van der Waals surface area (Å²) in [6.07, 6.45) is 2.22. The predicted octanol–water partition coefficient (Wildman–Crippen LogP) is 3.84. The van der Waals surface area contributed by atoms with E-state index in [1.165, 1.54) is 5.57 Å². The third-order valence-electron chi connectivity index (χ3n) is 3.02. The molecule has 102 valence electrons. The van der Waals surface area contributed by atoms with Gasteiger partial charge < -0.3 is 5.32 Å². The summed E-state index contributed by atoms with van der Waals surface area (Å²) < 4.78 is 0. The number of hydrogen-bond donors (Lipinski definition) is 1. The van der Waals surface area contributed by atoms with E-state index in [0.717, 1.165) is 18.7 Å². The zero-order valence-corrected chi connectivity index (χ0v) is 12.4. The minimum absolute atomic E-state index is 0.523. The van der Waals surface area contributed by atoms with E-state index >= 15 is 0 Å². The molecular weight excluding hydrogens is 232 g/mol. The molecule has 0 aliphatic rings. The SMILES string of the molecule is CC(C)CNCC(=Cc1ccc(C#N)cc1)C(C)C. The summed E-state index contributed by atoms with van der Waals surface area (Å²) in [5, 5.41) is 12.3. The van der Waals surface area contributed by atoms with Crippen LogP contribution in [0.2, 0.25) is 0 Å². The molecule has 0 aliphatic carbocycles. The van der Waals surface area contributed by atoms with Gasteiger partial charge in [-0.05, 0) is 36.1 Å². The number of nitrogens with zero attached hydrogens (tertiary/aromatic N) is 1.